The third-order valence-electron chi connectivity index (χ3n) is 6.04. The quantitative estimate of drug-likeness (QED) is 0.301. The lowest BCUT2D eigenvalue weighted by Crippen LogP contribution is -2.12. The molecule has 2 aliphatic rings. The minimum Gasteiger partial charge on any atom is -0.381 e. The monoisotopic (exact) mass is 463 g/mol. The van der Waals surface area contributed by atoms with Gasteiger partial charge in [-0.05, 0) is 72.0 Å². The third-order valence-corrected chi connectivity index (χ3v) is 7.18. The topological polar surface area (TPSA) is 37.3 Å². The zero-order chi connectivity index (χ0) is 22.9. The van der Waals surface area contributed by atoms with E-state index in [9.17, 15) is 4.39 Å². The van der Waals surface area contributed by atoms with E-state index in [4.69, 9.17) is 4.99 Å². The first-order chi connectivity index (χ1) is 16.8. The van der Waals surface area contributed by atoms with E-state index < -0.39 is 0 Å². The standard InChI is InChI=1S/C29H22FN3S/c30-24-7-3-1-5-22(24)29-23-6-2-4-8-26(23)34-27-12-11-21(17-25(27)33-29)28(20-9-10-20)32-18-19-13-15-31-16-14-19/h1-8,11-17,32H,9-10,18H2. The molecule has 1 fully saturated rings. The first-order valence-electron chi connectivity index (χ1n) is 11.4. The van der Waals surface area contributed by atoms with E-state index in [2.05, 4.69) is 34.6 Å². The number of nitrogens with one attached hydrogen (secondary N) is 1. The molecule has 1 saturated carbocycles. The van der Waals surface area contributed by atoms with Gasteiger partial charge in [0.2, 0.25) is 0 Å². The van der Waals surface area contributed by atoms with Crippen molar-refractivity contribution < 1.29 is 4.39 Å². The molecular weight excluding hydrogens is 441 g/mol. The molecule has 1 N–H and O–H groups in total. The molecule has 3 aromatic carbocycles. The molecule has 34 heavy (non-hydrogen) atoms. The van der Waals surface area contributed by atoms with Gasteiger partial charge in [-0.3, -0.25) is 4.98 Å². The minimum atomic E-state index is -0.263. The Morgan fingerprint density at radius 3 is 2.41 bits per heavy atom. The van der Waals surface area contributed by atoms with Crippen LogP contribution in [0.5, 0.6) is 0 Å². The van der Waals surface area contributed by atoms with Crippen LogP contribution >= 0.6 is 11.8 Å². The molecule has 1 aliphatic heterocycles. The second-order valence-electron chi connectivity index (χ2n) is 8.41. The highest BCUT2D eigenvalue weighted by Crippen LogP contribution is 2.43. The average Bonchev–Trinajstić information content (AvgIpc) is 3.72. The summed E-state index contributed by atoms with van der Waals surface area (Å²) in [5.41, 5.74) is 7.91. The molecule has 0 spiro atoms. The molecule has 6 rings (SSSR count). The maximum absolute atomic E-state index is 14.9. The maximum Gasteiger partial charge on any atom is 0.132 e. The van der Waals surface area contributed by atoms with Gasteiger partial charge in [-0.1, -0.05) is 48.2 Å². The van der Waals surface area contributed by atoms with E-state index in [0.29, 0.717) is 11.3 Å². The van der Waals surface area contributed by atoms with Gasteiger partial charge in [0.1, 0.15) is 5.82 Å². The van der Waals surface area contributed by atoms with E-state index in [1.165, 1.54) is 22.9 Å². The molecule has 0 radical (unpaired) electrons. The lowest BCUT2D eigenvalue weighted by Gasteiger charge is -2.13. The minimum absolute atomic E-state index is 0.263. The number of pyridine rings is 1. The molecule has 4 aromatic rings. The molecule has 0 unspecified atom stereocenters. The van der Waals surface area contributed by atoms with E-state index in [0.717, 1.165) is 46.0 Å². The SMILES string of the molecule is Fc1ccccc1C1=Nc2cc(C(NCc3ccncc3)=C3CC3)ccc2Sc2ccccc21. The van der Waals surface area contributed by atoms with Gasteiger partial charge in [-0.15, -0.1) is 0 Å². The number of allylic oxidation sites excluding steroid dienone is 1. The lowest BCUT2D eigenvalue weighted by molar-refractivity contribution is 0.625. The Morgan fingerprint density at radius 2 is 1.62 bits per heavy atom. The molecule has 166 valence electrons. The second-order valence-corrected chi connectivity index (χ2v) is 9.49. The molecule has 3 nitrogen and oxygen atoms in total. The average molecular weight is 464 g/mol. The number of aliphatic imine (C=N–C) groups is 1. The summed E-state index contributed by atoms with van der Waals surface area (Å²) in [6.07, 6.45) is 5.85. The van der Waals surface area contributed by atoms with Crippen LogP contribution in [0, 0.1) is 5.82 Å². The Labute approximate surface area is 202 Å². The zero-order valence-electron chi connectivity index (χ0n) is 18.5. The zero-order valence-corrected chi connectivity index (χ0v) is 19.3. The summed E-state index contributed by atoms with van der Waals surface area (Å²) in [6, 6.07) is 25.5. The van der Waals surface area contributed by atoms with Gasteiger partial charge >= 0.3 is 0 Å². The van der Waals surface area contributed by atoms with Crippen LogP contribution in [0.1, 0.15) is 35.1 Å². The second kappa shape index (κ2) is 8.92. The Bertz CT molecular complexity index is 1440. The van der Waals surface area contributed by atoms with Crippen molar-refractivity contribution in [3.63, 3.8) is 0 Å². The highest BCUT2D eigenvalue weighted by atomic mass is 32.2. The smallest absolute Gasteiger partial charge is 0.132 e. The normalized spacial score (nSPS) is 13.9. The van der Waals surface area contributed by atoms with Gasteiger partial charge in [0, 0.05) is 45.6 Å². The summed E-state index contributed by atoms with van der Waals surface area (Å²) in [4.78, 5) is 11.3. The van der Waals surface area contributed by atoms with Gasteiger partial charge in [0.15, 0.2) is 0 Å². The summed E-state index contributed by atoms with van der Waals surface area (Å²) in [5.74, 6) is -0.263. The van der Waals surface area contributed by atoms with Crippen LogP contribution in [-0.4, -0.2) is 10.7 Å². The summed E-state index contributed by atoms with van der Waals surface area (Å²) < 4.78 is 14.9. The van der Waals surface area contributed by atoms with Crippen LogP contribution < -0.4 is 5.32 Å². The molecular formula is C29H22FN3S. The van der Waals surface area contributed by atoms with Crippen molar-refractivity contribution in [2.45, 2.75) is 29.2 Å². The van der Waals surface area contributed by atoms with E-state index >= 15 is 0 Å². The van der Waals surface area contributed by atoms with E-state index in [-0.39, 0.29) is 5.82 Å². The van der Waals surface area contributed by atoms with Gasteiger partial charge in [0.25, 0.3) is 0 Å². The maximum atomic E-state index is 14.9. The van der Waals surface area contributed by atoms with Gasteiger partial charge in [-0.2, -0.15) is 0 Å². The van der Waals surface area contributed by atoms with Gasteiger partial charge in [-0.25, -0.2) is 9.38 Å². The van der Waals surface area contributed by atoms with Crippen molar-refractivity contribution in [2.75, 3.05) is 0 Å². The predicted octanol–water partition coefficient (Wildman–Crippen LogP) is 7.15. The number of halogens is 1. The molecule has 0 bridgehead atoms. The van der Waals surface area contributed by atoms with Crippen molar-refractivity contribution in [3.05, 3.63) is 125 Å². The fraction of sp³-hybridized carbons (Fsp3) is 0.103. The van der Waals surface area contributed by atoms with Gasteiger partial charge < -0.3 is 5.32 Å². The number of hydrogen-bond donors (Lipinski definition) is 1. The summed E-state index contributed by atoms with van der Waals surface area (Å²) in [6.45, 7) is 0.738. The highest BCUT2D eigenvalue weighted by Gasteiger charge is 2.23. The molecule has 0 saturated heterocycles. The van der Waals surface area contributed by atoms with Crippen LogP contribution in [0.2, 0.25) is 0 Å². The van der Waals surface area contributed by atoms with Crippen LogP contribution in [0.25, 0.3) is 5.70 Å². The number of nitrogens with zero attached hydrogens (tertiary/aromatic N) is 2. The van der Waals surface area contributed by atoms with Crippen molar-refractivity contribution >= 4 is 28.9 Å². The molecule has 0 atom stereocenters. The van der Waals surface area contributed by atoms with Crippen LogP contribution in [-0.2, 0) is 6.54 Å². The van der Waals surface area contributed by atoms with Crippen molar-refractivity contribution in [1.82, 2.24) is 10.3 Å². The number of fused-ring (bicyclic) bond motifs is 2. The number of hydrogen-bond acceptors (Lipinski definition) is 4. The third kappa shape index (κ3) is 4.15. The van der Waals surface area contributed by atoms with E-state index in [1.807, 2.05) is 48.8 Å². The number of aromatic nitrogens is 1. The Hall–Kier alpha value is -3.70. The summed E-state index contributed by atoms with van der Waals surface area (Å²) in [5, 5.41) is 3.64. The fourth-order valence-corrected chi connectivity index (χ4v) is 5.19. The molecule has 2 heterocycles. The summed E-state index contributed by atoms with van der Waals surface area (Å²) >= 11 is 1.68. The number of benzene rings is 3. The predicted molar refractivity (Wildman–Crippen MR) is 136 cm³/mol. The van der Waals surface area contributed by atoms with Crippen LogP contribution in [0.4, 0.5) is 10.1 Å². The number of rotatable bonds is 5. The van der Waals surface area contributed by atoms with Crippen molar-refractivity contribution in [3.8, 4) is 0 Å². The largest absolute Gasteiger partial charge is 0.381 e. The van der Waals surface area contributed by atoms with Crippen LogP contribution in [0.3, 0.4) is 0 Å². The van der Waals surface area contributed by atoms with Crippen molar-refractivity contribution in [2.24, 2.45) is 4.99 Å². The highest BCUT2D eigenvalue weighted by molar-refractivity contribution is 7.99. The van der Waals surface area contributed by atoms with Crippen molar-refractivity contribution in [1.29, 1.82) is 0 Å². The molecule has 1 aromatic heterocycles. The molecule has 5 heteroatoms. The Morgan fingerprint density at radius 1 is 0.853 bits per heavy atom. The van der Waals surface area contributed by atoms with Gasteiger partial charge in [0.05, 0.1) is 11.4 Å². The molecule has 0 amide bonds. The molecule has 1 aliphatic carbocycles. The fourth-order valence-electron chi connectivity index (χ4n) is 4.19. The first kappa shape index (κ1) is 20.9. The summed E-state index contributed by atoms with van der Waals surface area (Å²) in [7, 11) is 0. The Kier molecular flexibility index (Phi) is 5.47. The van der Waals surface area contributed by atoms with Crippen LogP contribution in [0.15, 0.2) is 112 Å². The Balaban J connectivity index is 1.43. The first-order valence-corrected chi connectivity index (χ1v) is 12.2. The van der Waals surface area contributed by atoms with E-state index in [1.54, 1.807) is 23.9 Å². The lowest BCUT2D eigenvalue weighted by atomic mass is 10.0.